The van der Waals surface area contributed by atoms with E-state index in [9.17, 15) is 8.78 Å². The monoisotopic (exact) mass is 454 g/mol. The molecule has 3 aromatic carbocycles. The van der Waals surface area contributed by atoms with Crippen molar-refractivity contribution in [2.24, 2.45) is 0 Å². The number of hydrogen-bond donors (Lipinski definition) is 0. The predicted octanol–water partition coefficient (Wildman–Crippen LogP) is 8.23. The van der Waals surface area contributed by atoms with Crippen molar-refractivity contribution in [3.8, 4) is 23.7 Å². The zero-order valence-corrected chi connectivity index (χ0v) is 20.2. The van der Waals surface area contributed by atoms with Gasteiger partial charge in [0.15, 0.2) is 0 Å². The summed E-state index contributed by atoms with van der Waals surface area (Å²) in [6.45, 7) is 4.30. The topological polar surface area (TPSA) is 0 Å². The maximum absolute atomic E-state index is 14.4. The van der Waals surface area contributed by atoms with Crippen LogP contribution in [0.3, 0.4) is 0 Å². The number of aryl methyl sites for hydroxylation is 2. The average Bonchev–Trinajstić information content (AvgIpc) is 2.85. The zero-order valence-electron chi connectivity index (χ0n) is 20.2. The maximum Gasteiger partial charge on any atom is 0.139 e. The van der Waals surface area contributed by atoms with Gasteiger partial charge in [0.25, 0.3) is 0 Å². The third-order valence-electron chi connectivity index (χ3n) is 5.78. The minimum absolute atomic E-state index is 0.181. The summed E-state index contributed by atoms with van der Waals surface area (Å²) in [4.78, 5) is 0. The van der Waals surface area contributed by atoms with E-state index in [4.69, 9.17) is 0 Å². The molecule has 0 fully saturated rings. The van der Waals surface area contributed by atoms with Gasteiger partial charge in [-0.2, -0.15) is 0 Å². The van der Waals surface area contributed by atoms with Crippen LogP contribution in [0.1, 0.15) is 85.8 Å². The number of halogens is 2. The van der Waals surface area contributed by atoms with E-state index in [2.05, 4.69) is 37.5 Å². The van der Waals surface area contributed by atoms with Crippen LogP contribution in [0.2, 0.25) is 0 Å². The highest BCUT2D eigenvalue weighted by atomic mass is 19.1. The fourth-order valence-corrected chi connectivity index (χ4v) is 3.69. The highest BCUT2D eigenvalue weighted by Gasteiger charge is 2.03. The third kappa shape index (κ3) is 7.90. The van der Waals surface area contributed by atoms with Crippen molar-refractivity contribution in [1.29, 1.82) is 0 Å². The van der Waals surface area contributed by atoms with Gasteiger partial charge in [0.2, 0.25) is 0 Å². The summed E-state index contributed by atoms with van der Waals surface area (Å²) >= 11 is 0. The van der Waals surface area contributed by atoms with Crippen LogP contribution in [-0.2, 0) is 12.8 Å². The first-order valence-electron chi connectivity index (χ1n) is 12.3. The van der Waals surface area contributed by atoms with Gasteiger partial charge in [0.1, 0.15) is 11.6 Å². The second-order valence-corrected chi connectivity index (χ2v) is 8.61. The van der Waals surface area contributed by atoms with E-state index in [1.807, 2.05) is 42.5 Å². The molecule has 2 heteroatoms. The lowest BCUT2D eigenvalue weighted by atomic mass is 10.0. The van der Waals surface area contributed by atoms with Gasteiger partial charge in [-0.25, -0.2) is 8.78 Å². The van der Waals surface area contributed by atoms with Crippen LogP contribution < -0.4 is 0 Å². The molecule has 3 rings (SSSR count). The molecule has 0 aliphatic carbocycles. The third-order valence-corrected chi connectivity index (χ3v) is 5.78. The van der Waals surface area contributed by atoms with E-state index >= 15 is 0 Å². The van der Waals surface area contributed by atoms with Gasteiger partial charge in [-0.3, -0.25) is 0 Å². The summed E-state index contributed by atoms with van der Waals surface area (Å²) in [5.74, 6) is 11.6. The maximum atomic E-state index is 14.4. The van der Waals surface area contributed by atoms with Gasteiger partial charge in [-0.15, -0.1) is 0 Å². The summed E-state index contributed by atoms with van der Waals surface area (Å²) in [6, 6.07) is 18.0. The van der Waals surface area contributed by atoms with Crippen molar-refractivity contribution in [3.63, 3.8) is 0 Å². The van der Waals surface area contributed by atoms with E-state index in [0.29, 0.717) is 11.1 Å². The van der Waals surface area contributed by atoms with Gasteiger partial charge in [0, 0.05) is 16.7 Å². The molecule has 0 amide bonds. The molecule has 0 saturated carbocycles. The van der Waals surface area contributed by atoms with Crippen molar-refractivity contribution < 1.29 is 8.78 Å². The molecule has 0 bridgehead atoms. The lowest BCUT2D eigenvalue weighted by Gasteiger charge is -2.03. The van der Waals surface area contributed by atoms with Crippen LogP contribution in [0.4, 0.5) is 8.78 Å². The molecular formula is C32H32F2. The average molecular weight is 455 g/mol. The highest BCUT2D eigenvalue weighted by Crippen LogP contribution is 2.15. The SMILES string of the molecule is CCCCCCc1ccc(C#Cc2ccc(C#Cc3ccc(CCCC)cc3F)cc2)cc1F. The Bertz CT molecular complexity index is 1200. The normalized spacial score (nSPS) is 10.2. The molecule has 0 saturated heterocycles. The second-order valence-electron chi connectivity index (χ2n) is 8.61. The molecule has 0 nitrogen and oxygen atoms in total. The molecular weight excluding hydrogens is 422 g/mol. The minimum atomic E-state index is -0.275. The van der Waals surface area contributed by atoms with Crippen molar-refractivity contribution in [2.45, 2.75) is 65.2 Å². The van der Waals surface area contributed by atoms with Crippen LogP contribution in [0, 0.1) is 35.3 Å². The largest absolute Gasteiger partial charge is 0.207 e. The Morgan fingerprint density at radius 1 is 0.559 bits per heavy atom. The van der Waals surface area contributed by atoms with Gasteiger partial charge >= 0.3 is 0 Å². The Morgan fingerprint density at radius 3 is 1.85 bits per heavy atom. The first kappa shape index (κ1) is 25.3. The molecule has 0 radical (unpaired) electrons. The Balaban J connectivity index is 1.62. The lowest BCUT2D eigenvalue weighted by molar-refractivity contribution is 0.593. The molecule has 0 N–H and O–H groups in total. The van der Waals surface area contributed by atoms with E-state index in [-0.39, 0.29) is 11.6 Å². The van der Waals surface area contributed by atoms with E-state index in [1.165, 1.54) is 18.9 Å². The number of unbranched alkanes of at least 4 members (excludes halogenated alkanes) is 4. The summed E-state index contributed by atoms with van der Waals surface area (Å²) in [5.41, 5.74) is 4.45. The van der Waals surface area contributed by atoms with Crippen LogP contribution in [-0.4, -0.2) is 0 Å². The Kier molecular flexibility index (Phi) is 9.94. The smallest absolute Gasteiger partial charge is 0.139 e. The van der Waals surface area contributed by atoms with Gasteiger partial charge in [-0.05, 0) is 85.3 Å². The molecule has 3 aromatic rings. The lowest BCUT2D eigenvalue weighted by Crippen LogP contribution is -1.92. The zero-order chi connectivity index (χ0) is 24.2. The van der Waals surface area contributed by atoms with Gasteiger partial charge < -0.3 is 0 Å². The standard InChI is InChI=1S/C32H32F2/c1-3-5-7-8-10-29-21-19-28(24-31(29)33)16-15-25-11-13-26(14-12-25)17-20-30-22-18-27(9-6-4-2)23-32(30)34/h11-14,18-19,21-24H,3-10H2,1-2H3. The highest BCUT2D eigenvalue weighted by molar-refractivity contribution is 5.48. The molecule has 0 aliphatic heterocycles. The summed E-state index contributed by atoms with van der Waals surface area (Å²) < 4.78 is 28.7. The van der Waals surface area contributed by atoms with E-state index in [1.54, 1.807) is 12.1 Å². The van der Waals surface area contributed by atoms with Crippen molar-refractivity contribution in [1.82, 2.24) is 0 Å². The van der Waals surface area contributed by atoms with Crippen LogP contribution >= 0.6 is 0 Å². The minimum Gasteiger partial charge on any atom is -0.207 e. The fraction of sp³-hybridized carbons (Fsp3) is 0.312. The molecule has 0 atom stereocenters. The Morgan fingerprint density at radius 2 is 1.21 bits per heavy atom. The predicted molar refractivity (Wildman–Crippen MR) is 138 cm³/mol. The fourth-order valence-electron chi connectivity index (χ4n) is 3.69. The second kappa shape index (κ2) is 13.4. The number of hydrogen-bond acceptors (Lipinski definition) is 0. The van der Waals surface area contributed by atoms with Crippen LogP contribution in [0.15, 0.2) is 60.7 Å². The first-order chi connectivity index (χ1) is 16.6. The molecule has 174 valence electrons. The van der Waals surface area contributed by atoms with Gasteiger partial charge in [-0.1, -0.05) is 75.3 Å². The number of benzene rings is 3. The molecule has 0 aromatic heterocycles. The van der Waals surface area contributed by atoms with Crippen LogP contribution in [0.25, 0.3) is 0 Å². The van der Waals surface area contributed by atoms with Crippen molar-refractivity contribution in [3.05, 3.63) is 106 Å². The van der Waals surface area contributed by atoms with E-state index in [0.717, 1.165) is 60.8 Å². The molecule has 0 aliphatic rings. The van der Waals surface area contributed by atoms with Crippen molar-refractivity contribution >= 4 is 0 Å². The van der Waals surface area contributed by atoms with E-state index < -0.39 is 0 Å². The Hall–Kier alpha value is -3.36. The number of rotatable bonds is 8. The molecule has 34 heavy (non-hydrogen) atoms. The Labute approximate surface area is 203 Å². The van der Waals surface area contributed by atoms with Crippen LogP contribution in [0.5, 0.6) is 0 Å². The van der Waals surface area contributed by atoms with Gasteiger partial charge in [0.05, 0.1) is 5.56 Å². The quantitative estimate of drug-likeness (QED) is 0.237. The summed E-state index contributed by atoms with van der Waals surface area (Å²) in [6.07, 6.45) is 8.33. The molecule has 0 unspecified atom stereocenters. The summed E-state index contributed by atoms with van der Waals surface area (Å²) in [7, 11) is 0. The molecule has 0 spiro atoms. The van der Waals surface area contributed by atoms with Crippen molar-refractivity contribution in [2.75, 3.05) is 0 Å². The summed E-state index contributed by atoms with van der Waals surface area (Å²) in [5, 5.41) is 0. The molecule has 0 heterocycles. The first-order valence-corrected chi connectivity index (χ1v) is 12.3.